The minimum Gasteiger partial charge on any atom is -0.381 e. The molecule has 0 unspecified atom stereocenters. The van der Waals surface area contributed by atoms with E-state index in [1.54, 1.807) is 12.1 Å². The topological polar surface area (TPSA) is 56.2 Å². The molecule has 1 saturated heterocycles. The first kappa shape index (κ1) is 12.3. The summed E-state index contributed by atoms with van der Waals surface area (Å²) in [7, 11) is 0. The van der Waals surface area contributed by atoms with Crippen LogP contribution in [0.25, 0.3) is 0 Å². The van der Waals surface area contributed by atoms with Crippen molar-refractivity contribution in [1.29, 1.82) is 0 Å². The molecule has 5 heteroatoms. The largest absolute Gasteiger partial charge is 0.381 e. The maximum absolute atomic E-state index is 11.5. The second kappa shape index (κ2) is 5.93. The SMILES string of the molecule is Cc1ccc(=O)n(CCNC2CCOCC2)n1. The van der Waals surface area contributed by atoms with Gasteiger partial charge in [0.2, 0.25) is 0 Å². The first-order valence-electron chi connectivity index (χ1n) is 6.11. The molecule has 0 aliphatic carbocycles. The minimum absolute atomic E-state index is 0.0376. The molecule has 0 amide bonds. The number of hydrogen-bond acceptors (Lipinski definition) is 4. The Labute approximate surface area is 101 Å². The standard InChI is InChI=1S/C12H19N3O2/c1-10-2-3-12(16)15(14-10)7-6-13-11-4-8-17-9-5-11/h2-3,11,13H,4-9H2,1H3. The summed E-state index contributed by atoms with van der Waals surface area (Å²) in [6.07, 6.45) is 2.10. The van der Waals surface area contributed by atoms with Crippen LogP contribution in [0.1, 0.15) is 18.5 Å². The van der Waals surface area contributed by atoms with Crippen LogP contribution in [0.2, 0.25) is 0 Å². The summed E-state index contributed by atoms with van der Waals surface area (Å²) in [4.78, 5) is 11.5. The predicted molar refractivity (Wildman–Crippen MR) is 65.1 cm³/mol. The molecule has 0 atom stereocenters. The lowest BCUT2D eigenvalue weighted by atomic mass is 10.1. The average molecular weight is 237 g/mol. The zero-order chi connectivity index (χ0) is 12.1. The van der Waals surface area contributed by atoms with Crippen LogP contribution in [0.15, 0.2) is 16.9 Å². The zero-order valence-electron chi connectivity index (χ0n) is 10.2. The van der Waals surface area contributed by atoms with Crippen molar-refractivity contribution in [2.45, 2.75) is 32.4 Å². The molecule has 0 bridgehead atoms. The van der Waals surface area contributed by atoms with Crippen LogP contribution >= 0.6 is 0 Å². The van der Waals surface area contributed by atoms with Gasteiger partial charge < -0.3 is 10.1 Å². The lowest BCUT2D eigenvalue weighted by molar-refractivity contribution is 0.0777. The van der Waals surface area contributed by atoms with Crippen molar-refractivity contribution in [2.75, 3.05) is 19.8 Å². The van der Waals surface area contributed by atoms with Crippen molar-refractivity contribution in [3.8, 4) is 0 Å². The fraction of sp³-hybridized carbons (Fsp3) is 0.667. The molecule has 1 N–H and O–H groups in total. The molecule has 17 heavy (non-hydrogen) atoms. The van der Waals surface area contributed by atoms with Gasteiger partial charge in [-0.2, -0.15) is 5.10 Å². The highest BCUT2D eigenvalue weighted by Crippen LogP contribution is 2.05. The van der Waals surface area contributed by atoms with Crippen LogP contribution in [0.4, 0.5) is 0 Å². The fourth-order valence-electron chi connectivity index (χ4n) is 1.99. The van der Waals surface area contributed by atoms with Gasteiger partial charge in [0.05, 0.1) is 12.2 Å². The Balaban J connectivity index is 1.81. The lowest BCUT2D eigenvalue weighted by Gasteiger charge is -2.23. The summed E-state index contributed by atoms with van der Waals surface area (Å²) in [5, 5.41) is 7.63. The molecule has 1 aliphatic heterocycles. The minimum atomic E-state index is -0.0376. The van der Waals surface area contributed by atoms with Gasteiger partial charge >= 0.3 is 0 Å². The molecule has 0 spiro atoms. The number of nitrogens with one attached hydrogen (secondary N) is 1. The first-order valence-corrected chi connectivity index (χ1v) is 6.11. The van der Waals surface area contributed by atoms with Crippen molar-refractivity contribution in [3.63, 3.8) is 0 Å². The third-order valence-corrected chi connectivity index (χ3v) is 2.98. The fourth-order valence-corrected chi connectivity index (χ4v) is 1.99. The van der Waals surface area contributed by atoms with Crippen molar-refractivity contribution in [1.82, 2.24) is 15.1 Å². The number of aromatic nitrogens is 2. The Bertz CT molecular complexity index is 410. The van der Waals surface area contributed by atoms with E-state index in [9.17, 15) is 4.79 Å². The van der Waals surface area contributed by atoms with Gasteiger partial charge in [0.15, 0.2) is 0 Å². The summed E-state index contributed by atoms with van der Waals surface area (Å²) >= 11 is 0. The Kier molecular flexibility index (Phi) is 4.28. The molecule has 2 heterocycles. The number of hydrogen-bond donors (Lipinski definition) is 1. The molecule has 5 nitrogen and oxygen atoms in total. The van der Waals surface area contributed by atoms with Crippen molar-refractivity contribution in [3.05, 3.63) is 28.2 Å². The van der Waals surface area contributed by atoms with E-state index in [1.165, 1.54) is 4.68 Å². The van der Waals surface area contributed by atoms with Crippen molar-refractivity contribution in [2.24, 2.45) is 0 Å². The summed E-state index contributed by atoms with van der Waals surface area (Å²) in [5.41, 5.74) is 0.833. The van der Waals surface area contributed by atoms with E-state index in [1.807, 2.05) is 6.92 Å². The second-order valence-corrected chi connectivity index (χ2v) is 4.38. The lowest BCUT2D eigenvalue weighted by Crippen LogP contribution is -2.38. The molecule has 1 aliphatic rings. The molecular weight excluding hydrogens is 218 g/mol. The van der Waals surface area contributed by atoms with Gasteiger partial charge in [-0.05, 0) is 25.8 Å². The number of aryl methyl sites for hydroxylation is 1. The first-order chi connectivity index (χ1) is 8.25. The highest BCUT2D eigenvalue weighted by molar-refractivity contribution is 4.97. The van der Waals surface area contributed by atoms with E-state index >= 15 is 0 Å². The van der Waals surface area contributed by atoms with E-state index in [2.05, 4.69) is 10.4 Å². The number of ether oxygens (including phenoxy) is 1. The molecule has 0 radical (unpaired) electrons. The molecular formula is C12H19N3O2. The van der Waals surface area contributed by atoms with Crippen LogP contribution in [0.5, 0.6) is 0 Å². The third-order valence-electron chi connectivity index (χ3n) is 2.98. The third kappa shape index (κ3) is 3.64. The van der Waals surface area contributed by atoms with E-state index < -0.39 is 0 Å². The normalized spacial score (nSPS) is 17.2. The number of rotatable bonds is 4. The van der Waals surface area contributed by atoms with Gasteiger partial charge in [-0.15, -0.1) is 0 Å². The van der Waals surface area contributed by atoms with Gasteiger partial charge in [0.1, 0.15) is 0 Å². The Morgan fingerprint density at radius 2 is 2.24 bits per heavy atom. The highest BCUT2D eigenvalue weighted by Gasteiger charge is 2.12. The molecule has 1 fully saturated rings. The van der Waals surface area contributed by atoms with E-state index in [0.29, 0.717) is 12.6 Å². The number of nitrogens with zero attached hydrogens (tertiary/aromatic N) is 2. The molecule has 0 aromatic carbocycles. The Morgan fingerprint density at radius 3 is 3.00 bits per heavy atom. The van der Waals surface area contributed by atoms with E-state index in [4.69, 9.17) is 4.74 Å². The monoisotopic (exact) mass is 237 g/mol. The predicted octanol–water partition coefficient (Wildman–Crippen LogP) is 0.320. The Hall–Kier alpha value is -1.20. The summed E-state index contributed by atoms with van der Waals surface area (Å²) in [6, 6.07) is 3.82. The average Bonchev–Trinajstić information content (AvgIpc) is 2.35. The highest BCUT2D eigenvalue weighted by atomic mass is 16.5. The van der Waals surface area contributed by atoms with Crippen LogP contribution in [0, 0.1) is 6.92 Å². The summed E-state index contributed by atoms with van der Waals surface area (Å²) in [6.45, 7) is 4.96. The quantitative estimate of drug-likeness (QED) is 0.819. The maximum Gasteiger partial charge on any atom is 0.266 e. The smallest absolute Gasteiger partial charge is 0.266 e. The zero-order valence-corrected chi connectivity index (χ0v) is 10.2. The van der Waals surface area contributed by atoms with E-state index in [-0.39, 0.29) is 5.56 Å². The van der Waals surface area contributed by atoms with Gasteiger partial charge in [-0.3, -0.25) is 4.79 Å². The van der Waals surface area contributed by atoms with Crippen LogP contribution in [0.3, 0.4) is 0 Å². The molecule has 94 valence electrons. The molecule has 0 saturated carbocycles. The van der Waals surface area contributed by atoms with Crippen molar-refractivity contribution >= 4 is 0 Å². The van der Waals surface area contributed by atoms with Gasteiger partial charge in [-0.25, -0.2) is 4.68 Å². The Morgan fingerprint density at radius 1 is 1.47 bits per heavy atom. The van der Waals surface area contributed by atoms with Gasteiger partial charge in [-0.1, -0.05) is 0 Å². The van der Waals surface area contributed by atoms with Crippen molar-refractivity contribution < 1.29 is 4.74 Å². The second-order valence-electron chi connectivity index (χ2n) is 4.38. The van der Waals surface area contributed by atoms with Crippen LogP contribution in [-0.2, 0) is 11.3 Å². The summed E-state index contributed by atoms with van der Waals surface area (Å²) < 4.78 is 6.81. The van der Waals surface area contributed by atoms with Gasteiger partial charge in [0.25, 0.3) is 5.56 Å². The maximum atomic E-state index is 11.5. The van der Waals surface area contributed by atoms with Crippen LogP contribution < -0.4 is 10.9 Å². The van der Waals surface area contributed by atoms with E-state index in [0.717, 1.165) is 38.3 Å². The van der Waals surface area contributed by atoms with Crippen LogP contribution in [-0.4, -0.2) is 35.6 Å². The molecule has 2 rings (SSSR count). The van der Waals surface area contributed by atoms with Gasteiger partial charge in [0, 0.05) is 31.9 Å². The molecule has 1 aromatic heterocycles. The summed E-state index contributed by atoms with van der Waals surface area (Å²) in [5.74, 6) is 0. The molecule has 1 aromatic rings.